The maximum Gasteiger partial charge on any atom is 0.173 e. The Balaban J connectivity index is 2.94. The topological polar surface area (TPSA) is 131 Å². The Morgan fingerprint density at radius 3 is 2.71 bits per heavy atom. The van der Waals surface area contributed by atoms with Crippen molar-refractivity contribution >= 4 is 0 Å². The molecule has 4 atom stereocenters. The molecular formula is C9H14N4O4. The first-order valence-corrected chi connectivity index (χ1v) is 5.03. The van der Waals surface area contributed by atoms with E-state index in [4.69, 9.17) is 25.4 Å². The Morgan fingerprint density at radius 1 is 1.59 bits per heavy atom. The molecule has 8 heteroatoms. The van der Waals surface area contributed by atoms with Gasteiger partial charge in [-0.15, -0.1) is 0 Å². The van der Waals surface area contributed by atoms with Crippen LogP contribution in [0.15, 0.2) is 5.11 Å². The van der Waals surface area contributed by atoms with Crippen LogP contribution in [0.2, 0.25) is 0 Å². The number of hydrogen-bond donors (Lipinski definition) is 2. The number of nitrogens with zero attached hydrogens (tertiary/aromatic N) is 4. The summed E-state index contributed by atoms with van der Waals surface area (Å²) in [7, 11) is 0. The molecule has 8 nitrogen and oxygen atoms in total. The molecule has 1 aliphatic heterocycles. The second kappa shape index (κ2) is 5.31. The van der Waals surface area contributed by atoms with E-state index in [0.717, 1.165) is 0 Å². The zero-order valence-electron chi connectivity index (χ0n) is 9.52. The van der Waals surface area contributed by atoms with Crippen LogP contribution in [0.5, 0.6) is 0 Å². The summed E-state index contributed by atoms with van der Waals surface area (Å²) < 4.78 is 10.7. The molecule has 2 N–H and O–H groups in total. The van der Waals surface area contributed by atoms with Crippen molar-refractivity contribution in [1.82, 2.24) is 0 Å². The Labute approximate surface area is 98.0 Å². The number of aliphatic hydroxyl groups excluding tert-OH is 2. The molecule has 0 spiro atoms. The van der Waals surface area contributed by atoms with Gasteiger partial charge in [-0.25, -0.2) is 0 Å². The lowest BCUT2D eigenvalue weighted by molar-refractivity contribution is -0.147. The van der Waals surface area contributed by atoms with Crippen molar-refractivity contribution in [2.45, 2.75) is 44.0 Å². The van der Waals surface area contributed by atoms with Gasteiger partial charge in [0.05, 0.1) is 24.8 Å². The monoisotopic (exact) mass is 242 g/mol. The van der Waals surface area contributed by atoms with Crippen molar-refractivity contribution < 1.29 is 19.7 Å². The Bertz CT molecular complexity index is 360. The Kier molecular flexibility index (Phi) is 4.28. The number of rotatable bonds is 4. The third-order valence-electron chi connectivity index (χ3n) is 2.36. The summed E-state index contributed by atoms with van der Waals surface area (Å²) in [6.45, 7) is 2.62. The molecule has 0 aromatic carbocycles. The molecule has 0 saturated carbocycles. The van der Waals surface area contributed by atoms with Crippen LogP contribution in [0.3, 0.4) is 0 Å². The lowest BCUT2D eigenvalue weighted by atomic mass is 10.0. The van der Waals surface area contributed by atoms with Crippen molar-refractivity contribution in [1.29, 1.82) is 5.26 Å². The minimum absolute atomic E-state index is 0.595. The van der Waals surface area contributed by atoms with Crippen LogP contribution < -0.4 is 0 Å². The molecular weight excluding hydrogens is 228 g/mol. The van der Waals surface area contributed by atoms with E-state index in [1.807, 2.05) is 6.07 Å². The summed E-state index contributed by atoms with van der Waals surface area (Å²) in [4.78, 5) is 2.58. The molecule has 0 aliphatic carbocycles. The van der Waals surface area contributed by atoms with Crippen molar-refractivity contribution in [2.24, 2.45) is 5.11 Å². The molecule has 1 fully saturated rings. The van der Waals surface area contributed by atoms with E-state index in [1.165, 1.54) is 0 Å². The van der Waals surface area contributed by atoms with Crippen LogP contribution in [0.25, 0.3) is 10.4 Å². The van der Waals surface area contributed by atoms with Crippen LogP contribution in [-0.2, 0) is 9.47 Å². The van der Waals surface area contributed by atoms with E-state index in [2.05, 4.69) is 10.0 Å². The summed E-state index contributed by atoms with van der Waals surface area (Å²) in [5.74, 6) is -0.997. The van der Waals surface area contributed by atoms with E-state index >= 15 is 0 Å². The van der Waals surface area contributed by atoms with E-state index in [1.54, 1.807) is 13.8 Å². The van der Waals surface area contributed by atoms with Gasteiger partial charge in [0, 0.05) is 4.91 Å². The van der Waals surface area contributed by atoms with Gasteiger partial charge in [0.1, 0.15) is 6.10 Å². The van der Waals surface area contributed by atoms with Gasteiger partial charge in [0.15, 0.2) is 11.9 Å². The maximum atomic E-state index is 9.53. The fourth-order valence-electron chi connectivity index (χ4n) is 1.67. The zero-order valence-corrected chi connectivity index (χ0v) is 9.52. The van der Waals surface area contributed by atoms with Gasteiger partial charge in [-0.05, 0) is 19.4 Å². The molecule has 1 heterocycles. The van der Waals surface area contributed by atoms with Gasteiger partial charge in [-0.3, -0.25) is 0 Å². The lowest BCUT2D eigenvalue weighted by Gasteiger charge is -2.23. The number of hydrogen-bond acceptors (Lipinski definition) is 6. The zero-order chi connectivity index (χ0) is 13.1. The van der Waals surface area contributed by atoms with Crippen molar-refractivity contribution in [3.8, 4) is 6.07 Å². The highest BCUT2D eigenvalue weighted by Gasteiger charge is 2.47. The largest absolute Gasteiger partial charge is 0.394 e. The smallest absolute Gasteiger partial charge is 0.173 e. The van der Waals surface area contributed by atoms with Gasteiger partial charge in [0.2, 0.25) is 0 Å². The highest BCUT2D eigenvalue weighted by Crippen LogP contribution is 2.31. The molecule has 17 heavy (non-hydrogen) atoms. The first kappa shape index (κ1) is 13.7. The third kappa shape index (κ3) is 3.06. The summed E-state index contributed by atoms with van der Waals surface area (Å²) >= 11 is 0. The second-order valence-corrected chi connectivity index (χ2v) is 4.10. The standard InChI is InChI=1S/C9H14N4O4/c1-9(2)16-6(3-10)8(17-9)7(12-13-11)5(15)4-14/h5-8,14-15H,4H2,1-2H3. The van der Waals surface area contributed by atoms with Gasteiger partial charge in [0.25, 0.3) is 0 Å². The lowest BCUT2D eigenvalue weighted by Crippen LogP contribution is -2.43. The summed E-state index contributed by atoms with van der Waals surface area (Å²) in [6.07, 6.45) is -3.17. The van der Waals surface area contributed by atoms with Crippen molar-refractivity contribution in [3.63, 3.8) is 0 Å². The fourth-order valence-corrected chi connectivity index (χ4v) is 1.67. The highest BCUT2D eigenvalue weighted by atomic mass is 16.8. The molecule has 94 valence electrons. The summed E-state index contributed by atoms with van der Waals surface area (Å²) in [5.41, 5.74) is 8.42. The predicted octanol–water partition coefficient (Wildman–Crippen LogP) is 0.0622. The summed E-state index contributed by atoms with van der Waals surface area (Å²) in [6, 6.07) is 0.791. The predicted molar refractivity (Wildman–Crippen MR) is 55.5 cm³/mol. The van der Waals surface area contributed by atoms with E-state index < -0.39 is 36.7 Å². The molecule has 4 unspecified atom stereocenters. The minimum atomic E-state index is -1.30. The van der Waals surface area contributed by atoms with Crippen LogP contribution >= 0.6 is 0 Å². The number of azide groups is 1. The highest BCUT2D eigenvalue weighted by molar-refractivity contribution is 5.03. The molecule has 0 amide bonds. The first-order chi connectivity index (χ1) is 7.95. The second-order valence-electron chi connectivity index (χ2n) is 4.10. The van der Waals surface area contributed by atoms with E-state index in [-0.39, 0.29) is 0 Å². The van der Waals surface area contributed by atoms with Gasteiger partial charge >= 0.3 is 0 Å². The molecule has 1 aliphatic rings. The maximum absolute atomic E-state index is 9.53. The molecule has 0 aromatic heterocycles. The molecule has 1 saturated heterocycles. The van der Waals surface area contributed by atoms with Crippen LogP contribution in [-0.4, -0.2) is 47.0 Å². The SMILES string of the molecule is CC1(C)OC(C#N)C(C(N=[N+]=[N-])C(O)CO)O1. The number of ether oxygens (including phenoxy) is 2. The fraction of sp³-hybridized carbons (Fsp3) is 0.889. The van der Waals surface area contributed by atoms with Gasteiger partial charge < -0.3 is 19.7 Å². The summed E-state index contributed by atoms with van der Waals surface area (Å²) in [5, 5.41) is 30.7. The first-order valence-electron chi connectivity index (χ1n) is 5.03. The van der Waals surface area contributed by atoms with Crippen LogP contribution in [0.4, 0.5) is 0 Å². The van der Waals surface area contributed by atoms with E-state index in [0.29, 0.717) is 0 Å². The quantitative estimate of drug-likeness (QED) is 0.408. The molecule has 0 radical (unpaired) electrons. The van der Waals surface area contributed by atoms with Crippen LogP contribution in [0, 0.1) is 11.3 Å². The third-order valence-corrected chi connectivity index (χ3v) is 2.36. The Morgan fingerprint density at radius 2 is 2.24 bits per heavy atom. The van der Waals surface area contributed by atoms with Crippen molar-refractivity contribution in [2.75, 3.05) is 6.61 Å². The van der Waals surface area contributed by atoms with E-state index in [9.17, 15) is 5.11 Å². The number of aliphatic hydroxyl groups is 2. The molecule has 0 bridgehead atoms. The van der Waals surface area contributed by atoms with Crippen LogP contribution in [0.1, 0.15) is 13.8 Å². The Hall–Kier alpha value is -1.36. The van der Waals surface area contributed by atoms with Gasteiger partial charge in [-0.1, -0.05) is 5.11 Å². The normalized spacial score (nSPS) is 30.1. The van der Waals surface area contributed by atoms with Crippen molar-refractivity contribution in [3.05, 3.63) is 10.4 Å². The molecule has 0 aromatic rings. The average Bonchev–Trinajstić information content (AvgIpc) is 2.60. The molecule has 1 rings (SSSR count). The minimum Gasteiger partial charge on any atom is -0.394 e. The number of nitriles is 1. The van der Waals surface area contributed by atoms with Gasteiger partial charge in [-0.2, -0.15) is 5.26 Å². The average molecular weight is 242 g/mol.